The smallest absolute Gasteiger partial charge is 0.115 e. The van der Waals surface area contributed by atoms with Crippen molar-refractivity contribution in [3.8, 4) is 0 Å². The fourth-order valence-electron chi connectivity index (χ4n) is 2.74. The zero-order chi connectivity index (χ0) is 11.0. The molecule has 0 spiro atoms. The molecule has 3 heterocycles. The molecule has 0 atom stereocenters. The third-order valence-electron chi connectivity index (χ3n) is 3.81. The van der Waals surface area contributed by atoms with Crippen molar-refractivity contribution < 1.29 is 0 Å². The highest BCUT2D eigenvalue weighted by atomic mass is 15.2. The molecular weight excluding hydrogens is 200 g/mol. The van der Waals surface area contributed by atoms with Gasteiger partial charge in [-0.25, -0.2) is 9.97 Å². The van der Waals surface area contributed by atoms with Crippen LogP contribution in [0, 0.1) is 0 Å². The minimum absolute atomic E-state index is 0.741. The van der Waals surface area contributed by atoms with E-state index in [1.54, 1.807) is 6.33 Å². The summed E-state index contributed by atoms with van der Waals surface area (Å²) in [4.78, 5) is 13.4. The highest BCUT2D eigenvalue weighted by Gasteiger charge is 2.28. The summed E-state index contributed by atoms with van der Waals surface area (Å²) in [5, 5.41) is 0. The van der Waals surface area contributed by atoms with Gasteiger partial charge in [0.25, 0.3) is 0 Å². The van der Waals surface area contributed by atoms with Gasteiger partial charge >= 0.3 is 0 Å². The summed E-state index contributed by atoms with van der Waals surface area (Å²) in [7, 11) is 2.21. The van der Waals surface area contributed by atoms with Gasteiger partial charge in [-0.05, 0) is 33.0 Å². The highest BCUT2D eigenvalue weighted by molar-refractivity contribution is 5.20. The lowest BCUT2D eigenvalue weighted by molar-refractivity contribution is 0.119. The molecule has 1 saturated heterocycles. The third-order valence-corrected chi connectivity index (χ3v) is 3.81. The Labute approximate surface area is 96.3 Å². The van der Waals surface area contributed by atoms with Crippen molar-refractivity contribution in [2.24, 2.45) is 0 Å². The molecule has 0 aliphatic carbocycles. The molecule has 16 heavy (non-hydrogen) atoms. The van der Waals surface area contributed by atoms with Crippen LogP contribution in [0.1, 0.15) is 24.1 Å². The van der Waals surface area contributed by atoms with E-state index in [9.17, 15) is 0 Å². The molecule has 4 heteroatoms. The van der Waals surface area contributed by atoms with E-state index in [4.69, 9.17) is 0 Å². The standard InChI is InChI=1S/C12H18N4/c1-15-4-2-11(3-5-15)16-7-10-6-13-9-14-12(10)8-16/h6,9,11H,2-5,7-8H2,1H3. The number of hydrogen-bond donors (Lipinski definition) is 0. The molecule has 1 aromatic rings. The highest BCUT2D eigenvalue weighted by Crippen LogP contribution is 2.26. The van der Waals surface area contributed by atoms with Crippen LogP contribution in [0.2, 0.25) is 0 Å². The first-order valence-electron chi connectivity index (χ1n) is 6.03. The van der Waals surface area contributed by atoms with Gasteiger partial charge in [0.05, 0.1) is 5.69 Å². The first kappa shape index (κ1) is 10.2. The number of aromatic nitrogens is 2. The second-order valence-electron chi connectivity index (χ2n) is 4.93. The van der Waals surface area contributed by atoms with Gasteiger partial charge < -0.3 is 4.90 Å². The van der Waals surface area contributed by atoms with E-state index >= 15 is 0 Å². The van der Waals surface area contributed by atoms with Gasteiger partial charge in [0.15, 0.2) is 0 Å². The number of hydrogen-bond acceptors (Lipinski definition) is 4. The molecule has 0 saturated carbocycles. The Morgan fingerprint density at radius 3 is 2.81 bits per heavy atom. The second-order valence-corrected chi connectivity index (χ2v) is 4.93. The van der Waals surface area contributed by atoms with Crippen LogP contribution in [-0.2, 0) is 13.1 Å². The normalized spacial score (nSPS) is 23.6. The van der Waals surface area contributed by atoms with Gasteiger partial charge in [-0.1, -0.05) is 0 Å². The van der Waals surface area contributed by atoms with Gasteiger partial charge in [0, 0.05) is 30.9 Å². The Balaban J connectivity index is 1.67. The van der Waals surface area contributed by atoms with E-state index in [0.29, 0.717) is 0 Å². The molecule has 1 aromatic heterocycles. The van der Waals surface area contributed by atoms with E-state index in [1.807, 2.05) is 6.20 Å². The molecule has 0 unspecified atom stereocenters. The van der Waals surface area contributed by atoms with Gasteiger partial charge in [0.1, 0.15) is 6.33 Å². The maximum absolute atomic E-state index is 4.36. The Hall–Kier alpha value is -1.00. The minimum atomic E-state index is 0.741. The van der Waals surface area contributed by atoms with Crippen molar-refractivity contribution in [2.75, 3.05) is 20.1 Å². The molecule has 0 bridgehead atoms. The van der Waals surface area contributed by atoms with Crippen LogP contribution in [0.15, 0.2) is 12.5 Å². The first-order chi connectivity index (χ1) is 7.83. The van der Waals surface area contributed by atoms with Gasteiger partial charge in [-0.2, -0.15) is 0 Å². The largest absolute Gasteiger partial charge is 0.306 e. The molecule has 0 aromatic carbocycles. The lowest BCUT2D eigenvalue weighted by Crippen LogP contribution is -2.41. The zero-order valence-electron chi connectivity index (χ0n) is 9.76. The molecule has 0 radical (unpaired) electrons. The van der Waals surface area contributed by atoms with Crippen molar-refractivity contribution in [2.45, 2.75) is 32.0 Å². The molecule has 0 N–H and O–H groups in total. The number of fused-ring (bicyclic) bond motifs is 1. The Morgan fingerprint density at radius 1 is 1.25 bits per heavy atom. The lowest BCUT2D eigenvalue weighted by atomic mass is 10.0. The Morgan fingerprint density at radius 2 is 2.06 bits per heavy atom. The van der Waals surface area contributed by atoms with Crippen LogP contribution in [0.4, 0.5) is 0 Å². The Kier molecular flexibility index (Phi) is 2.61. The zero-order valence-corrected chi connectivity index (χ0v) is 9.76. The summed E-state index contributed by atoms with van der Waals surface area (Å²) in [6, 6.07) is 0.741. The average molecular weight is 218 g/mol. The van der Waals surface area contributed by atoms with E-state index in [1.165, 1.54) is 37.2 Å². The number of rotatable bonds is 1. The van der Waals surface area contributed by atoms with Crippen molar-refractivity contribution >= 4 is 0 Å². The fourth-order valence-corrected chi connectivity index (χ4v) is 2.74. The number of likely N-dealkylation sites (tertiary alicyclic amines) is 1. The summed E-state index contributed by atoms with van der Waals surface area (Å²) in [5.74, 6) is 0. The van der Waals surface area contributed by atoms with E-state index in [2.05, 4.69) is 26.8 Å². The maximum atomic E-state index is 4.36. The van der Waals surface area contributed by atoms with Crippen molar-refractivity contribution in [1.29, 1.82) is 0 Å². The predicted octanol–water partition coefficient (Wildman–Crippen LogP) is 0.886. The summed E-state index contributed by atoms with van der Waals surface area (Å²) in [6.07, 6.45) is 6.21. The van der Waals surface area contributed by atoms with Crippen LogP contribution in [0.5, 0.6) is 0 Å². The molecular formula is C12H18N4. The minimum Gasteiger partial charge on any atom is -0.306 e. The van der Waals surface area contributed by atoms with Crippen molar-refractivity contribution in [3.63, 3.8) is 0 Å². The van der Waals surface area contributed by atoms with E-state index < -0.39 is 0 Å². The quantitative estimate of drug-likeness (QED) is 0.700. The van der Waals surface area contributed by atoms with Gasteiger partial charge in [-0.15, -0.1) is 0 Å². The predicted molar refractivity (Wildman–Crippen MR) is 61.8 cm³/mol. The summed E-state index contributed by atoms with van der Waals surface area (Å²) < 4.78 is 0. The first-order valence-corrected chi connectivity index (χ1v) is 6.03. The van der Waals surface area contributed by atoms with Gasteiger partial charge in [-0.3, -0.25) is 4.90 Å². The molecule has 1 fully saturated rings. The van der Waals surface area contributed by atoms with Crippen LogP contribution < -0.4 is 0 Å². The van der Waals surface area contributed by atoms with Crippen LogP contribution >= 0.6 is 0 Å². The monoisotopic (exact) mass is 218 g/mol. The molecule has 86 valence electrons. The topological polar surface area (TPSA) is 32.3 Å². The number of nitrogens with zero attached hydrogens (tertiary/aromatic N) is 4. The SMILES string of the molecule is CN1CCC(N2Cc3cncnc3C2)CC1. The van der Waals surface area contributed by atoms with Gasteiger partial charge in [0.2, 0.25) is 0 Å². The lowest BCUT2D eigenvalue weighted by Gasteiger charge is -2.34. The van der Waals surface area contributed by atoms with Crippen molar-refractivity contribution in [1.82, 2.24) is 19.8 Å². The summed E-state index contributed by atoms with van der Waals surface area (Å²) in [5.41, 5.74) is 2.55. The average Bonchev–Trinajstić information content (AvgIpc) is 2.73. The van der Waals surface area contributed by atoms with Crippen molar-refractivity contribution in [3.05, 3.63) is 23.8 Å². The maximum Gasteiger partial charge on any atom is 0.115 e. The Bertz CT molecular complexity index is 346. The number of piperidine rings is 1. The van der Waals surface area contributed by atoms with Crippen LogP contribution in [0.3, 0.4) is 0 Å². The second kappa shape index (κ2) is 4.11. The summed E-state index contributed by atoms with van der Waals surface area (Å²) in [6.45, 7) is 4.52. The van der Waals surface area contributed by atoms with E-state index in [0.717, 1.165) is 19.1 Å². The molecule has 0 amide bonds. The summed E-state index contributed by atoms with van der Waals surface area (Å²) >= 11 is 0. The van der Waals surface area contributed by atoms with E-state index in [-0.39, 0.29) is 0 Å². The third kappa shape index (κ3) is 1.83. The molecule has 3 rings (SSSR count). The fraction of sp³-hybridized carbons (Fsp3) is 0.667. The van der Waals surface area contributed by atoms with Crippen LogP contribution in [0.25, 0.3) is 0 Å². The molecule has 2 aliphatic rings. The van der Waals surface area contributed by atoms with Crippen LogP contribution in [-0.4, -0.2) is 45.9 Å². The molecule has 2 aliphatic heterocycles. The molecule has 4 nitrogen and oxygen atoms in total.